The van der Waals surface area contributed by atoms with Crippen LogP contribution in [0.2, 0.25) is 0 Å². The fourth-order valence-electron chi connectivity index (χ4n) is 2.73. The maximum atomic E-state index is 12.5. The maximum Gasteiger partial charge on any atom is 0.253 e. The molecule has 1 fully saturated rings. The van der Waals surface area contributed by atoms with E-state index >= 15 is 0 Å². The van der Waals surface area contributed by atoms with Crippen molar-refractivity contribution in [2.24, 2.45) is 0 Å². The number of hydrogen-bond donors (Lipinski definition) is 2. The molecule has 1 aliphatic heterocycles. The lowest BCUT2D eigenvalue weighted by molar-refractivity contribution is 0.0438. The molecule has 0 aromatic heterocycles. The topological polar surface area (TPSA) is 52.6 Å². The zero-order valence-corrected chi connectivity index (χ0v) is 12.6. The Morgan fingerprint density at radius 2 is 2.10 bits per heavy atom. The molecule has 1 amide bonds. The van der Waals surface area contributed by atoms with Gasteiger partial charge in [0.25, 0.3) is 5.91 Å². The quantitative estimate of drug-likeness (QED) is 0.872. The van der Waals surface area contributed by atoms with Crippen LogP contribution in [0.25, 0.3) is 0 Å². The van der Waals surface area contributed by atoms with Crippen molar-refractivity contribution in [2.45, 2.75) is 38.7 Å². The van der Waals surface area contributed by atoms with E-state index in [-0.39, 0.29) is 5.91 Å². The summed E-state index contributed by atoms with van der Waals surface area (Å²) in [5.74, 6) is 0.0634. The summed E-state index contributed by atoms with van der Waals surface area (Å²) >= 11 is 0. The monoisotopic (exact) mass is 276 g/mol. The zero-order chi connectivity index (χ0) is 14.8. The molecule has 110 valence electrons. The minimum absolute atomic E-state index is 0.0634. The van der Waals surface area contributed by atoms with Crippen LogP contribution in [0.3, 0.4) is 0 Å². The van der Waals surface area contributed by atoms with Gasteiger partial charge in [0, 0.05) is 31.4 Å². The summed E-state index contributed by atoms with van der Waals surface area (Å²) in [6.45, 7) is 5.20. The third kappa shape index (κ3) is 3.31. The fraction of sp³-hybridized carbons (Fsp3) is 0.562. The van der Waals surface area contributed by atoms with Crippen molar-refractivity contribution in [2.75, 3.05) is 25.5 Å². The van der Waals surface area contributed by atoms with Crippen LogP contribution in [0.4, 0.5) is 5.69 Å². The van der Waals surface area contributed by atoms with Gasteiger partial charge < -0.3 is 15.3 Å². The van der Waals surface area contributed by atoms with Gasteiger partial charge in [-0.05, 0) is 56.9 Å². The molecule has 0 aliphatic carbocycles. The van der Waals surface area contributed by atoms with Crippen LogP contribution in [0.5, 0.6) is 0 Å². The number of aryl methyl sites for hydroxylation is 1. The van der Waals surface area contributed by atoms with E-state index in [1.54, 1.807) is 0 Å². The predicted octanol–water partition coefficient (Wildman–Crippen LogP) is 2.41. The smallest absolute Gasteiger partial charge is 0.253 e. The molecule has 1 saturated heterocycles. The molecule has 1 aliphatic rings. The van der Waals surface area contributed by atoms with Gasteiger partial charge in [0.1, 0.15) is 0 Å². The van der Waals surface area contributed by atoms with Crippen LogP contribution in [0.15, 0.2) is 18.2 Å². The summed E-state index contributed by atoms with van der Waals surface area (Å²) in [5, 5.41) is 13.2. The first-order valence-corrected chi connectivity index (χ1v) is 7.23. The summed E-state index contributed by atoms with van der Waals surface area (Å²) in [6.07, 6.45) is 2.26. The van der Waals surface area contributed by atoms with E-state index in [0.29, 0.717) is 13.0 Å². The van der Waals surface area contributed by atoms with Crippen molar-refractivity contribution in [1.82, 2.24) is 4.90 Å². The van der Waals surface area contributed by atoms with Gasteiger partial charge in [0.05, 0.1) is 5.60 Å². The molecule has 0 spiro atoms. The van der Waals surface area contributed by atoms with Gasteiger partial charge in [-0.1, -0.05) is 0 Å². The van der Waals surface area contributed by atoms with Gasteiger partial charge in [0.15, 0.2) is 0 Å². The minimum atomic E-state index is -0.638. The Morgan fingerprint density at radius 1 is 1.35 bits per heavy atom. The van der Waals surface area contributed by atoms with E-state index in [1.807, 2.05) is 44.0 Å². The van der Waals surface area contributed by atoms with Crippen LogP contribution in [-0.2, 0) is 0 Å². The van der Waals surface area contributed by atoms with Gasteiger partial charge in [-0.25, -0.2) is 0 Å². The highest BCUT2D eigenvalue weighted by Crippen LogP contribution is 2.23. The number of hydrogen-bond acceptors (Lipinski definition) is 3. The Hall–Kier alpha value is -1.55. The fourth-order valence-corrected chi connectivity index (χ4v) is 2.73. The lowest BCUT2D eigenvalue weighted by Crippen LogP contribution is -2.33. The number of carbonyl (C=O) groups excluding carboxylic acids is 1. The van der Waals surface area contributed by atoms with E-state index in [9.17, 15) is 9.90 Å². The Kier molecular flexibility index (Phi) is 4.33. The van der Waals surface area contributed by atoms with E-state index in [1.165, 1.54) is 0 Å². The summed E-state index contributed by atoms with van der Waals surface area (Å²) < 4.78 is 0. The number of rotatable bonds is 2. The lowest BCUT2D eigenvalue weighted by atomic mass is 9.98. The van der Waals surface area contributed by atoms with Crippen LogP contribution in [0.1, 0.15) is 42.1 Å². The number of amides is 1. The second-order valence-corrected chi connectivity index (χ2v) is 5.92. The third-order valence-electron chi connectivity index (χ3n) is 4.09. The highest BCUT2D eigenvalue weighted by Gasteiger charge is 2.27. The van der Waals surface area contributed by atoms with E-state index < -0.39 is 5.60 Å². The molecule has 20 heavy (non-hydrogen) atoms. The van der Waals surface area contributed by atoms with Crippen LogP contribution < -0.4 is 5.32 Å². The first-order valence-electron chi connectivity index (χ1n) is 7.23. The number of carbonyl (C=O) groups is 1. The number of benzene rings is 1. The molecule has 1 aromatic carbocycles. The molecule has 4 nitrogen and oxygen atoms in total. The Morgan fingerprint density at radius 3 is 2.75 bits per heavy atom. The first kappa shape index (κ1) is 14.9. The molecule has 2 N–H and O–H groups in total. The largest absolute Gasteiger partial charge is 0.390 e. The molecule has 2 rings (SSSR count). The molecule has 0 saturated carbocycles. The average Bonchev–Trinajstić information content (AvgIpc) is 2.59. The van der Waals surface area contributed by atoms with Crippen molar-refractivity contribution >= 4 is 11.6 Å². The molecule has 1 heterocycles. The Bertz CT molecular complexity index is 497. The minimum Gasteiger partial charge on any atom is -0.390 e. The van der Waals surface area contributed by atoms with E-state index in [0.717, 1.165) is 36.2 Å². The van der Waals surface area contributed by atoms with Crippen molar-refractivity contribution in [3.8, 4) is 0 Å². The number of nitrogens with one attached hydrogen (secondary N) is 1. The van der Waals surface area contributed by atoms with Crippen LogP contribution >= 0.6 is 0 Å². The molecule has 0 radical (unpaired) electrons. The van der Waals surface area contributed by atoms with Crippen molar-refractivity contribution in [3.63, 3.8) is 0 Å². The summed E-state index contributed by atoms with van der Waals surface area (Å²) in [4.78, 5) is 14.4. The van der Waals surface area contributed by atoms with Crippen LogP contribution in [-0.4, -0.2) is 41.7 Å². The molecular weight excluding hydrogens is 252 g/mol. The standard InChI is InChI=1S/C16H24N2O2/c1-12-11-13(5-6-14(12)17-3)15(19)18-9-4-7-16(2,20)8-10-18/h5-6,11,17,20H,4,7-10H2,1-3H3. The highest BCUT2D eigenvalue weighted by molar-refractivity contribution is 5.95. The summed E-state index contributed by atoms with van der Waals surface area (Å²) in [6, 6.07) is 5.73. The number of likely N-dealkylation sites (tertiary alicyclic amines) is 1. The van der Waals surface area contributed by atoms with Crippen molar-refractivity contribution in [1.29, 1.82) is 0 Å². The normalized spacial score (nSPS) is 23.3. The molecular formula is C16H24N2O2. The van der Waals surface area contributed by atoms with Gasteiger partial charge in [0.2, 0.25) is 0 Å². The van der Waals surface area contributed by atoms with Gasteiger partial charge in [-0.3, -0.25) is 4.79 Å². The predicted molar refractivity (Wildman–Crippen MR) is 81.1 cm³/mol. The van der Waals surface area contributed by atoms with Gasteiger partial charge in [-0.15, -0.1) is 0 Å². The number of aliphatic hydroxyl groups is 1. The number of anilines is 1. The maximum absolute atomic E-state index is 12.5. The zero-order valence-electron chi connectivity index (χ0n) is 12.6. The van der Waals surface area contributed by atoms with E-state index in [4.69, 9.17) is 0 Å². The average molecular weight is 276 g/mol. The second-order valence-electron chi connectivity index (χ2n) is 5.92. The molecule has 1 unspecified atom stereocenters. The molecule has 1 atom stereocenters. The third-order valence-corrected chi connectivity index (χ3v) is 4.09. The van der Waals surface area contributed by atoms with Crippen LogP contribution in [0, 0.1) is 6.92 Å². The Balaban J connectivity index is 2.13. The Labute approximate surface area is 120 Å². The first-order chi connectivity index (χ1) is 9.43. The highest BCUT2D eigenvalue weighted by atomic mass is 16.3. The molecule has 4 heteroatoms. The molecule has 0 bridgehead atoms. The lowest BCUT2D eigenvalue weighted by Gasteiger charge is -2.23. The SMILES string of the molecule is CNc1ccc(C(=O)N2CCCC(C)(O)CC2)cc1C. The van der Waals surface area contributed by atoms with Crippen molar-refractivity contribution < 1.29 is 9.90 Å². The van der Waals surface area contributed by atoms with Crippen molar-refractivity contribution in [3.05, 3.63) is 29.3 Å². The molecule has 1 aromatic rings. The summed E-state index contributed by atoms with van der Waals surface area (Å²) in [7, 11) is 1.88. The second kappa shape index (κ2) is 5.83. The van der Waals surface area contributed by atoms with Gasteiger partial charge in [-0.2, -0.15) is 0 Å². The summed E-state index contributed by atoms with van der Waals surface area (Å²) in [5.41, 5.74) is 2.20. The number of nitrogens with zero attached hydrogens (tertiary/aromatic N) is 1. The van der Waals surface area contributed by atoms with Gasteiger partial charge >= 0.3 is 0 Å². The van der Waals surface area contributed by atoms with E-state index in [2.05, 4.69) is 5.32 Å².